The monoisotopic (exact) mass is 303 g/mol. The van der Waals surface area contributed by atoms with Gasteiger partial charge in [0.25, 0.3) is 0 Å². The van der Waals surface area contributed by atoms with Gasteiger partial charge in [-0.05, 0) is 41.2 Å². The second kappa shape index (κ2) is 6.37. The van der Waals surface area contributed by atoms with E-state index in [0.717, 1.165) is 17.5 Å². The van der Waals surface area contributed by atoms with Crippen LogP contribution in [0, 0.1) is 0 Å². The minimum absolute atomic E-state index is 0.370. The average molecular weight is 304 g/mol. The quantitative estimate of drug-likeness (QED) is 0.462. The Bertz CT molecular complexity index is 394. The van der Waals surface area contributed by atoms with E-state index < -0.39 is 11.7 Å². The third-order valence-electron chi connectivity index (χ3n) is 1.48. The van der Waals surface area contributed by atoms with Crippen LogP contribution in [0.2, 0.25) is 5.02 Å². The molecule has 0 unspecified atom stereocenters. The zero-order valence-electron chi connectivity index (χ0n) is 8.17. The maximum Gasteiger partial charge on any atom is 0.574 e. The highest BCUT2D eigenvalue weighted by atomic mass is 35.5. The lowest BCUT2D eigenvalue weighted by Gasteiger charge is -2.05. The molecular weight excluding hydrogens is 298 g/mol. The molecule has 0 fully saturated rings. The van der Waals surface area contributed by atoms with Gasteiger partial charge in [0.1, 0.15) is 0 Å². The van der Waals surface area contributed by atoms with Crippen molar-refractivity contribution in [3.05, 3.63) is 34.9 Å². The maximum atomic E-state index is 11.7. The number of alkyl halides is 3. The summed E-state index contributed by atoms with van der Waals surface area (Å²) in [5.41, 5.74) is 0.861. The molecule has 0 aliphatic heterocycles. The number of halogens is 5. The molecule has 0 aliphatic rings. The highest BCUT2D eigenvalue weighted by molar-refractivity contribution is 7.97. The summed E-state index contributed by atoms with van der Waals surface area (Å²) in [4.78, 5) is 0. The molecule has 0 aromatic heterocycles. The van der Waals surface area contributed by atoms with Crippen LogP contribution in [-0.2, 0) is 10.5 Å². The van der Waals surface area contributed by atoms with Crippen LogP contribution in [0.3, 0.4) is 0 Å². The van der Waals surface area contributed by atoms with E-state index >= 15 is 0 Å². The highest BCUT2D eigenvalue weighted by Crippen LogP contribution is 2.21. The molecule has 0 radical (unpaired) electrons. The molecule has 0 amide bonds. The van der Waals surface area contributed by atoms with Gasteiger partial charge in [-0.2, -0.15) is 4.40 Å². The van der Waals surface area contributed by atoms with Crippen LogP contribution in [-0.4, -0.2) is 11.7 Å². The van der Waals surface area contributed by atoms with Crippen molar-refractivity contribution >= 4 is 40.5 Å². The molecule has 8 heteroatoms. The Morgan fingerprint density at radius 2 is 1.88 bits per heavy atom. The number of rotatable bonds is 3. The van der Waals surface area contributed by atoms with E-state index in [1.807, 2.05) is 0 Å². The molecule has 1 aromatic carbocycles. The SMILES string of the molecule is FC(F)(F)OC(Cl)=NSCc1ccc(Cl)cc1. The molecule has 0 aliphatic carbocycles. The molecular formula is C9H6Cl2F3NOS. The van der Waals surface area contributed by atoms with E-state index in [1.165, 1.54) is 0 Å². The van der Waals surface area contributed by atoms with Crippen LogP contribution in [0.15, 0.2) is 28.7 Å². The third kappa shape index (κ3) is 6.65. The molecule has 0 saturated carbocycles. The lowest BCUT2D eigenvalue weighted by Crippen LogP contribution is -2.15. The minimum atomic E-state index is -4.82. The Labute approximate surface area is 110 Å². The molecule has 2 nitrogen and oxygen atoms in total. The molecule has 1 rings (SSSR count). The standard InChI is InChI=1S/C9H6Cl2F3NOS/c10-7-3-1-6(2-4-7)5-17-15-8(11)16-9(12,13)14/h1-4H,5H2. The fourth-order valence-electron chi connectivity index (χ4n) is 0.852. The summed E-state index contributed by atoms with van der Waals surface area (Å²) >= 11 is 11.6. The first-order valence-corrected chi connectivity index (χ1v) is 5.92. The zero-order chi connectivity index (χ0) is 12.9. The van der Waals surface area contributed by atoms with Gasteiger partial charge in [-0.1, -0.05) is 23.7 Å². The number of nitrogens with zero attached hydrogens (tertiary/aromatic N) is 1. The van der Waals surface area contributed by atoms with Crippen LogP contribution in [0.1, 0.15) is 5.56 Å². The van der Waals surface area contributed by atoms with E-state index in [2.05, 4.69) is 9.13 Å². The molecule has 0 spiro atoms. The van der Waals surface area contributed by atoms with Crippen molar-refractivity contribution in [2.75, 3.05) is 0 Å². The topological polar surface area (TPSA) is 21.6 Å². The first-order chi connectivity index (χ1) is 7.87. The van der Waals surface area contributed by atoms with Crippen molar-refractivity contribution in [2.45, 2.75) is 12.1 Å². The first kappa shape index (κ1) is 14.5. The van der Waals surface area contributed by atoms with Gasteiger partial charge in [0.2, 0.25) is 0 Å². The van der Waals surface area contributed by atoms with E-state index in [4.69, 9.17) is 23.2 Å². The molecule has 1 aromatic rings. The van der Waals surface area contributed by atoms with Crippen LogP contribution in [0.25, 0.3) is 0 Å². The highest BCUT2D eigenvalue weighted by Gasteiger charge is 2.32. The summed E-state index contributed by atoms with van der Waals surface area (Å²) < 4.78 is 41.8. The molecule has 94 valence electrons. The van der Waals surface area contributed by atoms with Crippen molar-refractivity contribution in [1.29, 1.82) is 0 Å². The Hall–Kier alpha value is -0.590. The molecule has 0 N–H and O–H groups in total. The number of hydrogen-bond acceptors (Lipinski definition) is 3. The second-order valence-electron chi connectivity index (χ2n) is 2.79. The van der Waals surface area contributed by atoms with Gasteiger partial charge in [-0.3, -0.25) is 0 Å². The van der Waals surface area contributed by atoms with Crippen LogP contribution in [0.5, 0.6) is 0 Å². The normalized spacial score (nSPS) is 12.6. The Morgan fingerprint density at radius 3 is 2.41 bits per heavy atom. The van der Waals surface area contributed by atoms with Gasteiger partial charge in [-0.25, -0.2) is 0 Å². The van der Waals surface area contributed by atoms with Crippen molar-refractivity contribution in [3.63, 3.8) is 0 Å². The summed E-state index contributed by atoms with van der Waals surface area (Å²) in [6, 6.07) is 6.83. The van der Waals surface area contributed by atoms with Gasteiger partial charge in [0.15, 0.2) is 0 Å². The average Bonchev–Trinajstić information content (AvgIpc) is 2.18. The third-order valence-corrected chi connectivity index (χ3v) is 2.75. The van der Waals surface area contributed by atoms with Gasteiger partial charge in [-0.15, -0.1) is 13.2 Å². The lowest BCUT2D eigenvalue weighted by molar-refractivity contribution is -0.281. The first-order valence-electron chi connectivity index (χ1n) is 4.22. The van der Waals surface area contributed by atoms with E-state index in [0.29, 0.717) is 10.8 Å². The number of ether oxygens (including phenoxy) is 1. The molecule has 0 saturated heterocycles. The van der Waals surface area contributed by atoms with Gasteiger partial charge < -0.3 is 4.74 Å². The van der Waals surface area contributed by atoms with Gasteiger partial charge in [0, 0.05) is 10.8 Å². The summed E-state index contributed by atoms with van der Waals surface area (Å²) in [6.07, 6.45) is -4.82. The summed E-state index contributed by atoms with van der Waals surface area (Å²) in [7, 11) is 0. The van der Waals surface area contributed by atoms with Gasteiger partial charge in [0.05, 0.1) is 0 Å². The smallest absolute Gasteiger partial charge is 0.376 e. The fraction of sp³-hybridized carbons (Fsp3) is 0.222. The zero-order valence-corrected chi connectivity index (χ0v) is 10.5. The minimum Gasteiger partial charge on any atom is -0.376 e. The van der Waals surface area contributed by atoms with Crippen molar-refractivity contribution in [3.8, 4) is 0 Å². The molecule has 0 bridgehead atoms. The van der Waals surface area contributed by atoms with Crippen molar-refractivity contribution < 1.29 is 17.9 Å². The predicted molar refractivity (Wildman–Crippen MR) is 63.2 cm³/mol. The van der Waals surface area contributed by atoms with E-state index in [9.17, 15) is 13.2 Å². The van der Waals surface area contributed by atoms with Crippen molar-refractivity contribution in [1.82, 2.24) is 0 Å². The number of benzene rings is 1. The largest absolute Gasteiger partial charge is 0.574 e. The summed E-state index contributed by atoms with van der Waals surface area (Å²) in [5.74, 6) is 0.370. The van der Waals surface area contributed by atoms with Crippen LogP contribution < -0.4 is 0 Å². The summed E-state index contributed by atoms with van der Waals surface area (Å²) in [5, 5.41) is -0.364. The number of hydrogen-bond donors (Lipinski definition) is 0. The lowest BCUT2D eigenvalue weighted by atomic mass is 10.2. The Kier molecular flexibility index (Phi) is 5.42. The maximum absolute atomic E-state index is 11.7. The summed E-state index contributed by atoms with van der Waals surface area (Å²) in [6.45, 7) is 0. The Morgan fingerprint density at radius 1 is 1.29 bits per heavy atom. The fourth-order valence-corrected chi connectivity index (χ4v) is 1.76. The molecule has 0 heterocycles. The van der Waals surface area contributed by atoms with E-state index in [-0.39, 0.29) is 0 Å². The second-order valence-corrected chi connectivity index (χ2v) is 4.28. The predicted octanol–water partition coefficient (Wildman–Crippen LogP) is 4.62. The van der Waals surface area contributed by atoms with Crippen molar-refractivity contribution in [2.24, 2.45) is 4.40 Å². The van der Waals surface area contributed by atoms with Crippen LogP contribution >= 0.6 is 35.1 Å². The Balaban J connectivity index is 2.41. The molecule has 0 atom stereocenters. The molecule has 17 heavy (non-hydrogen) atoms. The van der Waals surface area contributed by atoms with Crippen LogP contribution in [0.4, 0.5) is 13.2 Å². The van der Waals surface area contributed by atoms with Gasteiger partial charge >= 0.3 is 11.7 Å². The van der Waals surface area contributed by atoms with E-state index in [1.54, 1.807) is 24.3 Å².